The molecule has 10 nitrogen and oxygen atoms in total. The molecule has 0 aromatic heterocycles. The third-order valence-electron chi connectivity index (χ3n) is 8.63. The van der Waals surface area contributed by atoms with Gasteiger partial charge in [-0.2, -0.15) is 8.78 Å². The molecule has 2 saturated heterocycles. The number of amides is 2. The fourth-order valence-electron chi connectivity index (χ4n) is 5.91. The normalized spacial score (nSPS) is 22.9. The van der Waals surface area contributed by atoms with Crippen LogP contribution in [0.1, 0.15) is 64.9 Å². The van der Waals surface area contributed by atoms with Crippen LogP contribution in [0.15, 0.2) is 24.3 Å². The number of epoxide rings is 1. The monoisotopic (exact) mass is 621 g/mol. The molecule has 1 aromatic carbocycles. The van der Waals surface area contributed by atoms with Crippen LogP contribution in [-0.4, -0.2) is 91.5 Å². The molecule has 0 radical (unpaired) electrons. The molecule has 4 atom stereocenters. The molecule has 2 amide bonds. The van der Waals surface area contributed by atoms with E-state index < -0.39 is 35.6 Å². The van der Waals surface area contributed by atoms with E-state index in [1.165, 1.54) is 12.1 Å². The predicted octanol–water partition coefficient (Wildman–Crippen LogP) is 3.06. The van der Waals surface area contributed by atoms with E-state index in [4.69, 9.17) is 9.47 Å². The van der Waals surface area contributed by atoms with Gasteiger partial charge in [-0.05, 0) is 50.3 Å². The maximum atomic E-state index is 13.8. The summed E-state index contributed by atoms with van der Waals surface area (Å²) in [5.41, 5.74) is -0.289. The Morgan fingerprint density at radius 3 is 2.32 bits per heavy atom. The smallest absolute Gasteiger partial charge is 0.394 e. The number of rotatable bonds is 16. The predicted molar refractivity (Wildman–Crippen MR) is 157 cm³/mol. The van der Waals surface area contributed by atoms with E-state index in [2.05, 4.69) is 15.4 Å². The van der Waals surface area contributed by atoms with Crippen LogP contribution in [0.3, 0.4) is 0 Å². The fourth-order valence-corrected chi connectivity index (χ4v) is 5.91. The average Bonchev–Trinajstić information content (AvgIpc) is 3.50. The maximum absolute atomic E-state index is 13.8. The molecule has 2 heterocycles. The van der Waals surface area contributed by atoms with Gasteiger partial charge in [0.1, 0.15) is 11.4 Å². The lowest BCUT2D eigenvalue weighted by Gasteiger charge is -2.27. The van der Waals surface area contributed by atoms with Crippen molar-refractivity contribution in [1.29, 1.82) is 0 Å². The Hall–Kier alpha value is -2.96. The molecule has 1 aliphatic carbocycles. The number of ether oxygens (including phenoxy) is 3. The van der Waals surface area contributed by atoms with E-state index in [9.17, 15) is 28.0 Å². The van der Waals surface area contributed by atoms with Crippen molar-refractivity contribution in [3.8, 4) is 5.75 Å². The van der Waals surface area contributed by atoms with Gasteiger partial charge < -0.3 is 24.8 Å². The van der Waals surface area contributed by atoms with Gasteiger partial charge in [0.05, 0.1) is 38.4 Å². The molecular weight excluding hydrogens is 576 g/mol. The fraction of sp³-hybridized carbons (Fsp3) is 0.688. The Labute approximate surface area is 257 Å². The first-order valence-corrected chi connectivity index (χ1v) is 15.6. The third-order valence-corrected chi connectivity index (χ3v) is 8.63. The lowest BCUT2D eigenvalue weighted by molar-refractivity contribution is -0.159. The molecule has 1 saturated carbocycles. The van der Waals surface area contributed by atoms with Gasteiger partial charge in [0.2, 0.25) is 11.8 Å². The van der Waals surface area contributed by atoms with Crippen LogP contribution >= 0.6 is 0 Å². The molecule has 2 N–H and O–H groups in total. The zero-order valence-electron chi connectivity index (χ0n) is 25.9. The zero-order valence-corrected chi connectivity index (χ0v) is 25.9. The van der Waals surface area contributed by atoms with Crippen molar-refractivity contribution in [1.82, 2.24) is 15.5 Å². The zero-order chi connectivity index (χ0) is 31.9. The highest BCUT2D eigenvalue weighted by molar-refractivity contribution is 5.98. The second-order valence-corrected chi connectivity index (χ2v) is 12.6. The average molecular weight is 622 g/mol. The number of ketones is 2. The summed E-state index contributed by atoms with van der Waals surface area (Å²) in [6.45, 7) is 6.73. The van der Waals surface area contributed by atoms with E-state index in [1.807, 2.05) is 4.90 Å². The van der Waals surface area contributed by atoms with Crippen molar-refractivity contribution in [3.05, 3.63) is 29.8 Å². The van der Waals surface area contributed by atoms with Crippen LogP contribution in [-0.2, 0) is 35.1 Å². The first-order chi connectivity index (χ1) is 20.8. The Morgan fingerprint density at radius 2 is 1.73 bits per heavy atom. The minimum Gasteiger partial charge on any atom is -0.433 e. The number of morpholine rings is 1. The summed E-state index contributed by atoms with van der Waals surface area (Å²) in [6, 6.07) is 4.32. The van der Waals surface area contributed by atoms with Crippen molar-refractivity contribution in [2.75, 3.05) is 39.5 Å². The SMILES string of the molecule is C[C@H](NC(=O)CN1CCOCC1)C(=O)C[C@@H](Cc1ccc(OC(C)(F)F)cc1)C(=O)N[C@@H](CC1CCCC1)C(=O)[C@@]1(C)CO1. The molecule has 2 aliphatic heterocycles. The summed E-state index contributed by atoms with van der Waals surface area (Å²) in [5.74, 6) is -1.83. The molecule has 3 fully saturated rings. The molecule has 0 unspecified atom stereocenters. The molecule has 12 heteroatoms. The Balaban J connectivity index is 1.45. The number of carbonyl (C=O) groups excluding carboxylic acids is 4. The summed E-state index contributed by atoms with van der Waals surface area (Å²) in [6.07, 6.45) is 1.25. The molecule has 1 aromatic rings. The highest BCUT2D eigenvalue weighted by atomic mass is 19.3. The number of benzene rings is 1. The summed E-state index contributed by atoms with van der Waals surface area (Å²) < 4.78 is 41.9. The lowest BCUT2D eigenvalue weighted by Crippen LogP contribution is -2.50. The standard InChI is InChI=1S/C32H45F2N3O7/c1-21(35-28(39)19-37-12-14-42-15-13-37)27(38)18-24(16-23-8-10-25(11-9-23)44-32(3,33)34)30(41)36-26(17-22-6-4-5-7-22)29(40)31(2)20-43-31/h8-11,21-22,24,26H,4-7,12-20H2,1-3H3,(H,35,39)(H,36,41)/t21-,24+,26-,31+/m0/s1. The van der Waals surface area contributed by atoms with Gasteiger partial charge >= 0.3 is 6.11 Å². The third kappa shape index (κ3) is 10.3. The molecule has 4 rings (SSSR count). The number of hydrogen-bond donors (Lipinski definition) is 2. The van der Waals surface area contributed by atoms with Crippen molar-refractivity contribution in [2.45, 2.75) is 89.5 Å². The molecule has 3 aliphatic rings. The van der Waals surface area contributed by atoms with Crippen molar-refractivity contribution < 1.29 is 42.2 Å². The van der Waals surface area contributed by atoms with Crippen molar-refractivity contribution in [2.24, 2.45) is 11.8 Å². The van der Waals surface area contributed by atoms with Crippen LogP contribution in [0.25, 0.3) is 0 Å². The number of nitrogens with one attached hydrogen (secondary N) is 2. The Kier molecular flexibility index (Phi) is 11.5. The summed E-state index contributed by atoms with van der Waals surface area (Å²) in [4.78, 5) is 55.0. The number of Topliss-reactive ketones (excluding diaryl/α,β-unsaturated/α-hetero) is 2. The molecule has 244 valence electrons. The highest BCUT2D eigenvalue weighted by Gasteiger charge is 2.50. The van der Waals surface area contributed by atoms with Gasteiger partial charge in [-0.15, -0.1) is 0 Å². The summed E-state index contributed by atoms with van der Waals surface area (Å²) >= 11 is 0. The number of nitrogens with zero attached hydrogens (tertiary/aromatic N) is 1. The van der Waals surface area contributed by atoms with Gasteiger partial charge in [-0.3, -0.25) is 24.1 Å². The van der Waals surface area contributed by atoms with Crippen molar-refractivity contribution in [3.63, 3.8) is 0 Å². The summed E-state index contributed by atoms with van der Waals surface area (Å²) in [5, 5.41) is 5.68. The minimum absolute atomic E-state index is 0.0326. The molecule has 0 bridgehead atoms. The lowest BCUT2D eigenvalue weighted by atomic mass is 9.88. The van der Waals surface area contributed by atoms with E-state index in [-0.39, 0.29) is 42.6 Å². The van der Waals surface area contributed by atoms with Gasteiger partial charge in [0, 0.05) is 32.4 Å². The number of hydrogen-bond acceptors (Lipinski definition) is 8. The number of alkyl halides is 2. The van der Waals surface area contributed by atoms with Crippen LogP contribution in [0.4, 0.5) is 8.78 Å². The largest absolute Gasteiger partial charge is 0.433 e. The van der Waals surface area contributed by atoms with Crippen LogP contribution < -0.4 is 15.4 Å². The maximum Gasteiger partial charge on any atom is 0.394 e. The van der Waals surface area contributed by atoms with Gasteiger partial charge in [0.25, 0.3) is 0 Å². The number of halogens is 2. The molecule has 44 heavy (non-hydrogen) atoms. The first-order valence-electron chi connectivity index (χ1n) is 15.6. The summed E-state index contributed by atoms with van der Waals surface area (Å²) in [7, 11) is 0. The quantitative estimate of drug-likeness (QED) is 0.270. The van der Waals surface area contributed by atoms with Gasteiger partial charge in [-0.1, -0.05) is 37.8 Å². The highest BCUT2D eigenvalue weighted by Crippen LogP contribution is 2.34. The van der Waals surface area contributed by atoms with Crippen LogP contribution in [0.2, 0.25) is 0 Å². The van der Waals surface area contributed by atoms with Crippen LogP contribution in [0, 0.1) is 11.8 Å². The van der Waals surface area contributed by atoms with E-state index in [0.717, 1.165) is 25.7 Å². The van der Waals surface area contributed by atoms with Gasteiger partial charge in [0.15, 0.2) is 11.6 Å². The Bertz CT molecular complexity index is 1160. The van der Waals surface area contributed by atoms with E-state index in [0.29, 0.717) is 57.7 Å². The molecule has 0 spiro atoms. The van der Waals surface area contributed by atoms with Crippen molar-refractivity contribution >= 4 is 23.4 Å². The molecular formula is C32H45F2N3O7. The minimum atomic E-state index is -3.35. The van der Waals surface area contributed by atoms with Gasteiger partial charge in [-0.25, -0.2) is 0 Å². The Morgan fingerprint density at radius 1 is 1.09 bits per heavy atom. The van der Waals surface area contributed by atoms with E-state index >= 15 is 0 Å². The number of carbonyl (C=O) groups is 4. The second kappa shape index (κ2) is 14.9. The first kappa shape index (κ1) is 33.9. The second-order valence-electron chi connectivity index (χ2n) is 12.6. The van der Waals surface area contributed by atoms with E-state index in [1.54, 1.807) is 26.0 Å². The topological polar surface area (TPSA) is 127 Å². The van der Waals surface area contributed by atoms with Crippen LogP contribution in [0.5, 0.6) is 5.75 Å².